The summed E-state index contributed by atoms with van der Waals surface area (Å²) in [5.74, 6) is 2.78. The second-order valence-electron chi connectivity index (χ2n) is 6.17. The summed E-state index contributed by atoms with van der Waals surface area (Å²) in [5.41, 5.74) is 2.54. The predicted molar refractivity (Wildman–Crippen MR) is 65.6 cm³/mol. The highest BCUT2D eigenvalue weighted by atomic mass is 16.3. The van der Waals surface area contributed by atoms with Crippen LogP contribution in [0.25, 0.3) is 0 Å². The van der Waals surface area contributed by atoms with E-state index in [0.717, 1.165) is 24.7 Å². The summed E-state index contributed by atoms with van der Waals surface area (Å²) >= 11 is 0. The summed E-state index contributed by atoms with van der Waals surface area (Å²) in [6.45, 7) is 0. The molecule has 2 nitrogen and oxygen atoms in total. The van der Waals surface area contributed by atoms with E-state index in [1.165, 1.54) is 30.5 Å². The molecule has 2 saturated carbocycles. The van der Waals surface area contributed by atoms with Crippen LogP contribution < -0.4 is 0 Å². The fourth-order valence-electron chi connectivity index (χ4n) is 4.15. The number of hydrogen-bond donors (Lipinski definition) is 1. The Bertz CT molecular complexity index is 434. The molecule has 4 atom stereocenters. The van der Waals surface area contributed by atoms with E-state index in [1.807, 2.05) is 12.3 Å². The van der Waals surface area contributed by atoms with Gasteiger partial charge < -0.3 is 5.11 Å². The number of hydrogen-bond acceptors (Lipinski definition) is 2. The van der Waals surface area contributed by atoms with Crippen LogP contribution in [-0.4, -0.2) is 16.2 Å². The highest BCUT2D eigenvalue weighted by Gasteiger charge is 2.49. The molecule has 2 fully saturated rings. The molecule has 90 valence electrons. The van der Waals surface area contributed by atoms with Crippen molar-refractivity contribution in [2.45, 2.75) is 44.1 Å². The van der Waals surface area contributed by atoms with E-state index in [0.29, 0.717) is 11.8 Å². The van der Waals surface area contributed by atoms with Crippen molar-refractivity contribution in [2.75, 3.05) is 0 Å². The number of aromatic nitrogens is 1. The maximum atomic E-state index is 10.6. The van der Waals surface area contributed by atoms with E-state index in [9.17, 15) is 5.11 Å². The van der Waals surface area contributed by atoms with Crippen molar-refractivity contribution in [3.63, 3.8) is 0 Å². The number of rotatable bonds is 2. The summed E-state index contributed by atoms with van der Waals surface area (Å²) in [7, 11) is 0. The van der Waals surface area contributed by atoms with E-state index in [-0.39, 0.29) is 6.10 Å². The first-order valence-corrected chi connectivity index (χ1v) is 6.95. The van der Waals surface area contributed by atoms with E-state index < -0.39 is 0 Å². The molecule has 1 heterocycles. The number of aliphatic hydroxyl groups is 1. The number of fused-ring (bicyclic) bond motifs is 2. The Morgan fingerprint density at radius 1 is 1.24 bits per heavy atom. The van der Waals surface area contributed by atoms with Crippen molar-refractivity contribution in [1.82, 2.24) is 4.98 Å². The molecule has 0 aromatic carbocycles. The molecule has 0 bridgehead atoms. The van der Waals surface area contributed by atoms with Crippen LogP contribution in [0.4, 0.5) is 0 Å². The molecular weight excluding hydrogens is 210 g/mol. The fraction of sp³-hybridized carbons (Fsp3) is 0.667. The Balaban J connectivity index is 1.55. The SMILES string of the molecule is OC(C1CC2CC2C1)C1CCc2cccnc21. The molecular formula is C15H19NO. The molecule has 4 unspecified atom stereocenters. The molecule has 4 rings (SSSR count). The number of aliphatic hydroxyl groups excluding tert-OH is 1. The molecule has 3 aliphatic rings. The van der Waals surface area contributed by atoms with Gasteiger partial charge in [0.05, 0.1) is 6.10 Å². The Hall–Kier alpha value is -0.890. The Labute approximate surface area is 102 Å². The van der Waals surface area contributed by atoms with Crippen molar-refractivity contribution < 1.29 is 5.11 Å². The van der Waals surface area contributed by atoms with Gasteiger partial charge in [-0.3, -0.25) is 4.98 Å². The fourth-order valence-corrected chi connectivity index (χ4v) is 4.15. The van der Waals surface area contributed by atoms with Gasteiger partial charge >= 0.3 is 0 Å². The van der Waals surface area contributed by atoms with Crippen molar-refractivity contribution in [1.29, 1.82) is 0 Å². The zero-order valence-electron chi connectivity index (χ0n) is 10.0. The minimum atomic E-state index is -0.140. The van der Waals surface area contributed by atoms with Crippen LogP contribution in [-0.2, 0) is 6.42 Å². The second-order valence-corrected chi connectivity index (χ2v) is 6.17. The normalized spacial score (nSPS) is 39.8. The second kappa shape index (κ2) is 3.55. The zero-order chi connectivity index (χ0) is 11.4. The first kappa shape index (κ1) is 10.1. The summed E-state index contributed by atoms with van der Waals surface area (Å²) in [6.07, 6.45) is 7.90. The maximum Gasteiger partial charge on any atom is 0.0652 e. The summed E-state index contributed by atoms with van der Waals surface area (Å²) in [5, 5.41) is 10.6. The standard InChI is InChI=1S/C15H19NO/c17-15(12-7-10-6-11(10)8-12)13-4-3-9-2-1-5-16-14(9)13/h1-2,5,10-13,15,17H,3-4,6-8H2. The van der Waals surface area contributed by atoms with Gasteiger partial charge in [-0.05, 0) is 61.5 Å². The molecule has 0 aliphatic heterocycles. The topological polar surface area (TPSA) is 33.1 Å². The number of aryl methyl sites for hydroxylation is 1. The monoisotopic (exact) mass is 229 g/mol. The van der Waals surface area contributed by atoms with Gasteiger partial charge in [-0.25, -0.2) is 0 Å². The van der Waals surface area contributed by atoms with Gasteiger partial charge in [0.15, 0.2) is 0 Å². The summed E-state index contributed by atoms with van der Waals surface area (Å²) < 4.78 is 0. The van der Waals surface area contributed by atoms with Crippen LogP contribution >= 0.6 is 0 Å². The lowest BCUT2D eigenvalue weighted by Crippen LogP contribution is -2.26. The quantitative estimate of drug-likeness (QED) is 0.845. The summed E-state index contributed by atoms with van der Waals surface area (Å²) in [4.78, 5) is 4.50. The Morgan fingerprint density at radius 2 is 2.06 bits per heavy atom. The molecule has 3 aliphatic carbocycles. The van der Waals surface area contributed by atoms with Gasteiger partial charge in [0, 0.05) is 17.8 Å². The molecule has 1 aromatic heterocycles. The van der Waals surface area contributed by atoms with Crippen molar-refractivity contribution in [3.8, 4) is 0 Å². The average Bonchev–Trinajstić information content (AvgIpc) is 2.80. The molecule has 0 spiro atoms. The molecule has 2 heteroatoms. The lowest BCUT2D eigenvalue weighted by atomic mass is 9.86. The Kier molecular flexibility index (Phi) is 2.10. The van der Waals surface area contributed by atoms with E-state index in [1.54, 1.807) is 0 Å². The highest BCUT2D eigenvalue weighted by Crippen LogP contribution is 2.56. The lowest BCUT2D eigenvalue weighted by molar-refractivity contribution is 0.0758. The Morgan fingerprint density at radius 3 is 2.88 bits per heavy atom. The first-order chi connectivity index (χ1) is 8.33. The van der Waals surface area contributed by atoms with Crippen LogP contribution in [0, 0.1) is 17.8 Å². The smallest absolute Gasteiger partial charge is 0.0652 e. The van der Waals surface area contributed by atoms with Crippen molar-refractivity contribution in [2.24, 2.45) is 17.8 Å². The molecule has 0 radical (unpaired) electrons. The van der Waals surface area contributed by atoms with Crippen molar-refractivity contribution >= 4 is 0 Å². The minimum Gasteiger partial charge on any atom is -0.392 e. The molecule has 1 aromatic rings. The predicted octanol–water partition coefficient (Wildman–Crippen LogP) is 2.52. The van der Waals surface area contributed by atoms with E-state index >= 15 is 0 Å². The zero-order valence-corrected chi connectivity index (χ0v) is 10.0. The van der Waals surface area contributed by atoms with Crippen LogP contribution in [0.1, 0.15) is 42.9 Å². The van der Waals surface area contributed by atoms with Gasteiger partial charge in [0.2, 0.25) is 0 Å². The van der Waals surface area contributed by atoms with Gasteiger partial charge in [0.1, 0.15) is 0 Å². The van der Waals surface area contributed by atoms with Crippen LogP contribution in [0.3, 0.4) is 0 Å². The van der Waals surface area contributed by atoms with Crippen LogP contribution in [0.2, 0.25) is 0 Å². The third kappa shape index (κ3) is 1.54. The first-order valence-electron chi connectivity index (χ1n) is 6.95. The van der Waals surface area contributed by atoms with Crippen LogP contribution in [0.5, 0.6) is 0 Å². The number of pyridine rings is 1. The third-order valence-electron chi connectivity index (χ3n) is 5.18. The van der Waals surface area contributed by atoms with Gasteiger partial charge in [-0.1, -0.05) is 6.07 Å². The van der Waals surface area contributed by atoms with E-state index in [4.69, 9.17) is 0 Å². The third-order valence-corrected chi connectivity index (χ3v) is 5.18. The summed E-state index contributed by atoms with van der Waals surface area (Å²) in [6, 6.07) is 4.18. The molecule has 1 N–H and O–H groups in total. The van der Waals surface area contributed by atoms with Gasteiger partial charge in [-0.15, -0.1) is 0 Å². The average molecular weight is 229 g/mol. The largest absolute Gasteiger partial charge is 0.392 e. The van der Waals surface area contributed by atoms with Crippen LogP contribution in [0.15, 0.2) is 18.3 Å². The van der Waals surface area contributed by atoms with Gasteiger partial charge in [0.25, 0.3) is 0 Å². The molecule has 0 amide bonds. The number of nitrogens with zero attached hydrogens (tertiary/aromatic N) is 1. The minimum absolute atomic E-state index is 0.140. The van der Waals surface area contributed by atoms with E-state index in [2.05, 4.69) is 11.1 Å². The maximum absolute atomic E-state index is 10.6. The van der Waals surface area contributed by atoms with Crippen molar-refractivity contribution in [3.05, 3.63) is 29.6 Å². The molecule has 17 heavy (non-hydrogen) atoms. The lowest BCUT2D eigenvalue weighted by Gasteiger charge is -2.25. The highest BCUT2D eigenvalue weighted by molar-refractivity contribution is 5.29. The van der Waals surface area contributed by atoms with Gasteiger partial charge in [-0.2, -0.15) is 0 Å². The molecule has 0 saturated heterocycles.